The second-order valence-corrected chi connectivity index (χ2v) is 4.58. The number of carbonyl (C=O) groups is 3. The Balaban J connectivity index is 2.34. The van der Waals surface area contributed by atoms with Crippen LogP contribution in [-0.2, 0) is 14.3 Å². The summed E-state index contributed by atoms with van der Waals surface area (Å²) in [6, 6.07) is 6.14. The molecular weight excluding hydrogens is 276 g/mol. The molecule has 1 amide bonds. The largest absolute Gasteiger partial charge is 0.481 e. The maximum absolute atomic E-state index is 11.9. The zero-order valence-corrected chi connectivity index (χ0v) is 11.2. The van der Waals surface area contributed by atoms with E-state index in [4.69, 9.17) is 10.4 Å². The Morgan fingerprint density at radius 1 is 1.48 bits per heavy atom. The minimum Gasteiger partial charge on any atom is -0.481 e. The van der Waals surface area contributed by atoms with E-state index in [-0.39, 0.29) is 30.0 Å². The van der Waals surface area contributed by atoms with E-state index < -0.39 is 17.9 Å². The number of hydrogen-bond donors (Lipinski definition) is 1. The fourth-order valence-electron chi connectivity index (χ4n) is 2.20. The van der Waals surface area contributed by atoms with E-state index in [0.29, 0.717) is 5.69 Å². The Morgan fingerprint density at radius 2 is 2.19 bits per heavy atom. The van der Waals surface area contributed by atoms with Crippen LogP contribution in [0.4, 0.5) is 5.69 Å². The molecule has 0 spiro atoms. The quantitative estimate of drug-likeness (QED) is 0.823. The number of esters is 1. The molecule has 1 N–H and O–H groups in total. The van der Waals surface area contributed by atoms with Crippen LogP contribution in [0.25, 0.3) is 0 Å². The monoisotopic (exact) mass is 288 g/mol. The number of anilines is 1. The number of nitrogens with zero attached hydrogens (tertiary/aromatic N) is 2. The predicted molar refractivity (Wildman–Crippen MR) is 70.6 cm³/mol. The Kier molecular flexibility index (Phi) is 3.89. The molecule has 1 saturated heterocycles. The van der Waals surface area contributed by atoms with Crippen LogP contribution >= 0.6 is 0 Å². The van der Waals surface area contributed by atoms with Gasteiger partial charge in [0.05, 0.1) is 24.2 Å². The molecule has 7 heteroatoms. The lowest BCUT2D eigenvalue weighted by Gasteiger charge is -2.17. The van der Waals surface area contributed by atoms with Crippen LogP contribution in [0.2, 0.25) is 0 Å². The topological polar surface area (TPSA) is 108 Å². The molecule has 108 valence electrons. The first-order valence-electron chi connectivity index (χ1n) is 6.13. The van der Waals surface area contributed by atoms with Crippen LogP contribution in [0, 0.1) is 17.2 Å². The molecule has 1 aliphatic rings. The Hall–Kier alpha value is -2.88. The van der Waals surface area contributed by atoms with E-state index in [0.717, 1.165) is 0 Å². The van der Waals surface area contributed by atoms with E-state index >= 15 is 0 Å². The van der Waals surface area contributed by atoms with Gasteiger partial charge in [0.25, 0.3) is 0 Å². The highest BCUT2D eigenvalue weighted by atomic mass is 16.5. The van der Waals surface area contributed by atoms with Gasteiger partial charge in [-0.15, -0.1) is 0 Å². The van der Waals surface area contributed by atoms with Gasteiger partial charge < -0.3 is 14.7 Å². The molecule has 0 bridgehead atoms. The molecule has 0 aliphatic carbocycles. The van der Waals surface area contributed by atoms with Crippen LogP contribution in [0.3, 0.4) is 0 Å². The second kappa shape index (κ2) is 5.63. The Labute approximate surface area is 120 Å². The van der Waals surface area contributed by atoms with Gasteiger partial charge in [-0.25, -0.2) is 4.79 Å². The zero-order chi connectivity index (χ0) is 15.6. The number of amides is 1. The minimum absolute atomic E-state index is 0.0522. The second-order valence-electron chi connectivity index (χ2n) is 4.58. The van der Waals surface area contributed by atoms with Gasteiger partial charge in [0, 0.05) is 18.7 Å². The van der Waals surface area contributed by atoms with Crippen molar-refractivity contribution in [2.45, 2.75) is 6.42 Å². The number of carboxylic acids is 1. The molecule has 7 nitrogen and oxygen atoms in total. The molecule has 1 aliphatic heterocycles. The van der Waals surface area contributed by atoms with Crippen molar-refractivity contribution in [2.24, 2.45) is 5.92 Å². The summed E-state index contributed by atoms with van der Waals surface area (Å²) in [7, 11) is 1.21. The fourth-order valence-corrected chi connectivity index (χ4v) is 2.20. The van der Waals surface area contributed by atoms with Crippen LogP contribution in [0.1, 0.15) is 22.3 Å². The van der Waals surface area contributed by atoms with Crippen LogP contribution in [0.5, 0.6) is 0 Å². The number of rotatable bonds is 3. The summed E-state index contributed by atoms with van der Waals surface area (Å²) in [6.45, 7) is 0.0522. The zero-order valence-electron chi connectivity index (χ0n) is 11.2. The van der Waals surface area contributed by atoms with E-state index in [9.17, 15) is 14.4 Å². The average Bonchev–Trinajstić information content (AvgIpc) is 2.88. The van der Waals surface area contributed by atoms with Gasteiger partial charge in [-0.2, -0.15) is 5.26 Å². The van der Waals surface area contributed by atoms with Gasteiger partial charge in [0.1, 0.15) is 6.07 Å². The minimum atomic E-state index is -1.03. The lowest BCUT2D eigenvalue weighted by Crippen LogP contribution is -2.26. The molecule has 1 fully saturated rings. The molecular formula is C14H12N2O5. The first-order chi connectivity index (χ1) is 9.97. The number of hydrogen-bond acceptors (Lipinski definition) is 5. The lowest BCUT2D eigenvalue weighted by molar-refractivity contribution is -0.141. The number of carbonyl (C=O) groups excluding carboxylic acids is 2. The number of carboxylic acid groups (broad SMARTS) is 1. The van der Waals surface area contributed by atoms with Gasteiger partial charge in [-0.1, -0.05) is 0 Å². The normalized spacial score (nSPS) is 17.4. The molecule has 1 unspecified atom stereocenters. The molecule has 21 heavy (non-hydrogen) atoms. The number of methoxy groups -OCH3 is 1. The molecule has 1 heterocycles. The summed E-state index contributed by atoms with van der Waals surface area (Å²) in [4.78, 5) is 35.6. The van der Waals surface area contributed by atoms with E-state index in [2.05, 4.69) is 4.74 Å². The SMILES string of the molecule is COC(=O)c1ccc(N2CC(C(=O)O)CC2=O)cc1C#N. The van der Waals surface area contributed by atoms with Gasteiger partial charge in [-0.3, -0.25) is 9.59 Å². The molecule has 2 rings (SSSR count). The highest BCUT2D eigenvalue weighted by Gasteiger charge is 2.35. The van der Waals surface area contributed by atoms with Crippen molar-refractivity contribution in [3.8, 4) is 6.07 Å². The Morgan fingerprint density at radius 3 is 2.71 bits per heavy atom. The standard InChI is InChI=1S/C14H12N2O5/c1-21-14(20)11-3-2-10(4-8(11)6-15)16-7-9(13(18)19)5-12(16)17/h2-4,9H,5,7H2,1H3,(H,18,19). The third-order valence-corrected chi connectivity index (χ3v) is 3.31. The maximum atomic E-state index is 11.9. The number of aliphatic carboxylic acids is 1. The van der Waals surface area contributed by atoms with Crippen molar-refractivity contribution in [2.75, 3.05) is 18.6 Å². The molecule has 1 aromatic carbocycles. The van der Waals surface area contributed by atoms with Crippen LogP contribution < -0.4 is 4.90 Å². The smallest absolute Gasteiger partial charge is 0.339 e. The lowest BCUT2D eigenvalue weighted by atomic mass is 10.1. The first kappa shape index (κ1) is 14.5. The van der Waals surface area contributed by atoms with Crippen LogP contribution in [0.15, 0.2) is 18.2 Å². The van der Waals surface area contributed by atoms with Crippen LogP contribution in [-0.4, -0.2) is 36.6 Å². The van der Waals surface area contributed by atoms with E-state index in [1.165, 1.54) is 30.2 Å². The van der Waals surface area contributed by atoms with Gasteiger partial charge >= 0.3 is 11.9 Å². The van der Waals surface area contributed by atoms with Crippen molar-refractivity contribution in [1.29, 1.82) is 5.26 Å². The third kappa shape index (κ3) is 2.69. The average molecular weight is 288 g/mol. The predicted octanol–water partition coefficient (Wildman–Crippen LogP) is 0.782. The first-order valence-corrected chi connectivity index (χ1v) is 6.13. The highest BCUT2D eigenvalue weighted by Crippen LogP contribution is 2.27. The third-order valence-electron chi connectivity index (χ3n) is 3.31. The molecule has 1 aromatic rings. The van der Waals surface area contributed by atoms with E-state index in [1.807, 2.05) is 6.07 Å². The number of nitriles is 1. The van der Waals surface area contributed by atoms with Gasteiger partial charge in [0.15, 0.2) is 0 Å². The summed E-state index contributed by atoms with van der Waals surface area (Å²) < 4.78 is 4.57. The number of benzene rings is 1. The van der Waals surface area contributed by atoms with Crippen molar-refractivity contribution in [3.63, 3.8) is 0 Å². The van der Waals surface area contributed by atoms with Crippen molar-refractivity contribution >= 4 is 23.5 Å². The van der Waals surface area contributed by atoms with Crippen molar-refractivity contribution < 1.29 is 24.2 Å². The van der Waals surface area contributed by atoms with E-state index in [1.54, 1.807) is 0 Å². The summed E-state index contributed by atoms with van der Waals surface area (Å²) in [5.41, 5.74) is 0.573. The summed E-state index contributed by atoms with van der Waals surface area (Å²) in [5, 5.41) is 18.0. The summed E-state index contributed by atoms with van der Waals surface area (Å²) in [5.74, 6) is -2.76. The van der Waals surface area contributed by atoms with Crippen molar-refractivity contribution in [3.05, 3.63) is 29.3 Å². The Bertz CT molecular complexity index is 662. The molecule has 1 atom stereocenters. The maximum Gasteiger partial charge on any atom is 0.339 e. The molecule has 0 radical (unpaired) electrons. The van der Waals surface area contributed by atoms with Gasteiger partial charge in [-0.05, 0) is 18.2 Å². The van der Waals surface area contributed by atoms with Crippen molar-refractivity contribution in [1.82, 2.24) is 0 Å². The summed E-state index contributed by atoms with van der Waals surface area (Å²) >= 11 is 0. The fraction of sp³-hybridized carbons (Fsp3) is 0.286. The van der Waals surface area contributed by atoms with Gasteiger partial charge in [0.2, 0.25) is 5.91 Å². The highest BCUT2D eigenvalue weighted by molar-refractivity contribution is 6.00. The summed E-state index contributed by atoms with van der Waals surface area (Å²) in [6.07, 6.45) is -0.0734. The number of ether oxygens (including phenoxy) is 1. The molecule has 0 saturated carbocycles. The molecule has 0 aromatic heterocycles.